The van der Waals surface area contributed by atoms with Crippen molar-refractivity contribution in [1.82, 2.24) is 30.6 Å². The van der Waals surface area contributed by atoms with E-state index >= 15 is 0 Å². The van der Waals surface area contributed by atoms with Crippen LogP contribution in [0.15, 0.2) is 23.8 Å². The fourth-order valence-electron chi connectivity index (χ4n) is 2.79. The number of rotatable bonds is 3. The van der Waals surface area contributed by atoms with E-state index in [-0.39, 0.29) is 24.4 Å². The number of fused-ring (bicyclic) bond motifs is 1. The zero-order valence-electron chi connectivity index (χ0n) is 12.9. The number of hydrogen-bond donors (Lipinski definition) is 3. The van der Waals surface area contributed by atoms with Crippen LogP contribution >= 0.6 is 24.2 Å². The van der Waals surface area contributed by atoms with E-state index in [4.69, 9.17) is 0 Å². The predicted molar refractivity (Wildman–Crippen MR) is 96.2 cm³/mol. The van der Waals surface area contributed by atoms with Crippen molar-refractivity contribution in [2.24, 2.45) is 0 Å². The number of nitrogens with zero attached hydrogens (tertiary/aromatic N) is 4. The number of halogens is 1. The number of nitrogens with one attached hydrogen (secondary N) is 3. The summed E-state index contributed by atoms with van der Waals surface area (Å²) in [5.41, 5.74) is 1.42. The molecular formula is C14H18ClN7OS. The minimum Gasteiger partial charge on any atom is -0.347 e. The molecule has 8 nitrogen and oxygen atoms in total. The van der Waals surface area contributed by atoms with E-state index in [1.54, 1.807) is 18.1 Å². The van der Waals surface area contributed by atoms with Crippen molar-refractivity contribution in [2.75, 3.05) is 30.3 Å². The molecule has 1 atom stereocenters. The zero-order chi connectivity index (χ0) is 15.6. The molecule has 24 heavy (non-hydrogen) atoms. The first-order valence-electron chi connectivity index (χ1n) is 7.58. The Morgan fingerprint density at radius 2 is 2.29 bits per heavy atom. The number of amides is 1. The van der Waals surface area contributed by atoms with Gasteiger partial charge >= 0.3 is 0 Å². The molecule has 128 valence electrons. The molecule has 4 heterocycles. The Balaban J connectivity index is 0.00000169. The number of carbonyl (C=O) groups excluding carboxylic acids is 1. The fourth-order valence-corrected chi connectivity index (χ4v) is 3.68. The number of hydrogen-bond acceptors (Lipinski definition) is 7. The van der Waals surface area contributed by atoms with Crippen molar-refractivity contribution in [3.05, 3.63) is 23.8 Å². The largest absolute Gasteiger partial charge is 0.347 e. The number of anilines is 1. The molecule has 0 aliphatic carbocycles. The molecule has 2 aliphatic heterocycles. The lowest BCUT2D eigenvalue weighted by Gasteiger charge is -2.25. The van der Waals surface area contributed by atoms with E-state index in [0.717, 1.165) is 43.1 Å². The van der Waals surface area contributed by atoms with Crippen molar-refractivity contribution in [3.8, 4) is 0 Å². The molecule has 3 N–H and O–H groups in total. The van der Waals surface area contributed by atoms with Gasteiger partial charge in [0.25, 0.3) is 5.91 Å². The quantitative estimate of drug-likeness (QED) is 0.732. The first kappa shape index (κ1) is 17.0. The van der Waals surface area contributed by atoms with E-state index in [2.05, 4.69) is 30.6 Å². The molecule has 1 amide bonds. The number of imidazole rings is 1. The number of aromatic amines is 1. The van der Waals surface area contributed by atoms with Crippen molar-refractivity contribution in [1.29, 1.82) is 0 Å². The lowest BCUT2D eigenvalue weighted by molar-refractivity contribution is -0.117. The molecule has 2 aromatic rings. The van der Waals surface area contributed by atoms with Crippen LogP contribution in [0.1, 0.15) is 6.42 Å². The molecule has 2 aromatic heterocycles. The van der Waals surface area contributed by atoms with Crippen molar-refractivity contribution < 1.29 is 4.79 Å². The SMILES string of the molecule is Cl.O=C(N[C@H]1CCNC1)C1=CN(c2ncnc3[nH]cnc23)CCS1. The van der Waals surface area contributed by atoms with Crippen molar-refractivity contribution in [2.45, 2.75) is 12.5 Å². The predicted octanol–water partition coefficient (Wildman–Crippen LogP) is 0.647. The molecule has 0 bridgehead atoms. The molecule has 0 spiro atoms. The number of H-pyrrole nitrogens is 1. The Morgan fingerprint density at radius 3 is 3.12 bits per heavy atom. The van der Waals surface area contributed by atoms with Gasteiger partial charge in [-0.05, 0) is 13.0 Å². The smallest absolute Gasteiger partial charge is 0.259 e. The fraction of sp³-hybridized carbons (Fsp3) is 0.429. The second kappa shape index (κ2) is 7.37. The minimum atomic E-state index is -0.0132. The van der Waals surface area contributed by atoms with Crippen molar-refractivity contribution >= 4 is 47.1 Å². The highest BCUT2D eigenvalue weighted by Crippen LogP contribution is 2.28. The molecule has 0 unspecified atom stereocenters. The van der Waals surface area contributed by atoms with Gasteiger partial charge in [-0.25, -0.2) is 15.0 Å². The Morgan fingerprint density at radius 1 is 1.38 bits per heavy atom. The lowest BCUT2D eigenvalue weighted by atomic mass is 10.2. The monoisotopic (exact) mass is 367 g/mol. The lowest BCUT2D eigenvalue weighted by Crippen LogP contribution is -2.38. The highest BCUT2D eigenvalue weighted by molar-refractivity contribution is 8.04. The summed E-state index contributed by atoms with van der Waals surface area (Å²) in [5.74, 6) is 1.54. The van der Waals surface area contributed by atoms with Crippen molar-refractivity contribution in [3.63, 3.8) is 0 Å². The number of carbonyl (C=O) groups is 1. The van der Waals surface area contributed by atoms with Crippen LogP contribution in [0.2, 0.25) is 0 Å². The third-order valence-electron chi connectivity index (χ3n) is 3.95. The number of aromatic nitrogens is 4. The average molecular weight is 368 g/mol. The van der Waals surface area contributed by atoms with Crippen LogP contribution in [-0.4, -0.2) is 57.3 Å². The van der Waals surface area contributed by atoms with Gasteiger partial charge in [-0.1, -0.05) is 0 Å². The maximum atomic E-state index is 12.4. The minimum absolute atomic E-state index is 0. The molecule has 1 fully saturated rings. The summed E-state index contributed by atoms with van der Waals surface area (Å²) in [6.45, 7) is 2.58. The van der Waals surface area contributed by atoms with Gasteiger partial charge in [-0.15, -0.1) is 24.2 Å². The summed E-state index contributed by atoms with van der Waals surface area (Å²) in [6, 6.07) is 0.219. The van der Waals surface area contributed by atoms with Crippen LogP contribution in [0, 0.1) is 0 Å². The van der Waals surface area contributed by atoms with E-state index in [9.17, 15) is 4.79 Å². The van der Waals surface area contributed by atoms with Crippen LogP contribution in [0.3, 0.4) is 0 Å². The second-order valence-electron chi connectivity index (χ2n) is 5.50. The number of thioether (sulfide) groups is 1. The summed E-state index contributed by atoms with van der Waals surface area (Å²) in [6.07, 6.45) is 5.96. The van der Waals surface area contributed by atoms with E-state index in [1.807, 2.05) is 11.1 Å². The van der Waals surface area contributed by atoms with Gasteiger partial charge < -0.3 is 20.5 Å². The van der Waals surface area contributed by atoms with Crippen LogP contribution in [0.25, 0.3) is 11.2 Å². The van der Waals surface area contributed by atoms with Gasteiger partial charge in [0.2, 0.25) is 0 Å². The summed E-state index contributed by atoms with van der Waals surface area (Å²) >= 11 is 1.58. The summed E-state index contributed by atoms with van der Waals surface area (Å²) < 4.78 is 0. The second-order valence-corrected chi connectivity index (χ2v) is 6.63. The Labute approximate surface area is 149 Å². The molecule has 0 radical (unpaired) electrons. The molecule has 0 saturated carbocycles. The first-order chi connectivity index (χ1) is 11.3. The third-order valence-corrected chi connectivity index (χ3v) is 4.94. The van der Waals surface area contributed by atoms with Gasteiger partial charge in [0.05, 0.1) is 11.2 Å². The highest BCUT2D eigenvalue weighted by atomic mass is 35.5. The molecule has 4 rings (SSSR count). The molecule has 10 heteroatoms. The Hall–Kier alpha value is -1.84. The average Bonchev–Trinajstić information content (AvgIpc) is 3.25. The standard InChI is InChI=1S/C14H17N7OS.ClH/c22-14(20-9-1-2-15-5-9)10-6-21(3-4-23-10)13-11-12(17-7-16-11)18-8-19-13;/h6-9,15H,1-5H2,(H,20,22)(H,16,17,18,19);1H/t9-;/m0./s1. The molecular weight excluding hydrogens is 350 g/mol. The van der Waals surface area contributed by atoms with E-state index < -0.39 is 0 Å². The molecule has 2 aliphatic rings. The molecule has 1 saturated heterocycles. The van der Waals surface area contributed by atoms with Crippen LogP contribution < -0.4 is 15.5 Å². The summed E-state index contributed by atoms with van der Waals surface area (Å²) in [4.78, 5) is 30.9. The Bertz CT molecular complexity index is 758. The maximum absolute atomic E-state index is 12.4. The van der Waals surface area contributed by atoms with Gasteiger partial charge in [-0.3, -0.25) is 4.79 Å². The van der Waals surface area contributed by atoms with Gasteiger partial charge in [0.1, 0.15) is 6.33 Å². The molecule has 0 aromatic carbocycles. The van der Waals surface area contributed by atoms with Gasteiger partial charge in [0, 0.05) is 31.1 Å². The zero-order valence-corrected chi connectivity index (χ0v) is 14.5. The van der Waals surface area contributed by atoms with Crippen LogP contribution in [-0.2, 0) is 4.79 Å². The Kier molecular flexibility index (Phi) is 5.22. The first-order valence-corrected chi connectivity index (χ1v) is 8.57. The van der Waals surface area contributed by atoms with E-state index in [0.29, 0.717) is 10.6 Å². The maximum Gasteiger partial charge on any atom is 0.259 e. The summed E-state index contributed by atoms with van der Waals surface area (Å²) in [5, 5.41) is 6.33. The third kappa shape index (κ3) is 3.33. The van der Waals surface area contributed by atoms with Gasteiger partial charge in [0.15, 0.2) is 17.0 Å². The van der Waals surface area contributed by atoms with Crippen LogP contribution in [0.4, 0.5) is 5.82 Å². The van der Waals surface area contributed by atoms with Crippen LogP contribution in [0.5, 0.6) is 0 Å². The highest BCUT2D eigenvalue weighted by Gasteiger charge is 2.23. The van der Waals surface area contributed by atoms with E-state index in [1.165, 1.54) is 6.33 Å². The topological polar surface area (TPSA) is 98.8 Å². The van der Waals surface area contributed by atoms with Gasteiger partial charge in [-0.2, -0.15) is 0 Å². The summed E-state index contributed by atoms with van der Waals surface area (Å²) in [7, 11) is 0. The normalized spacial score (nSPS) is 20.6.